The fourth-order valence-corrected chi connectivity index (χ4v) is 2.42. The molecule has 1 aliphatic heterocycles. The van der Waals surface area contributed by atoms with Crippen LogP contribution in [0.2, 0.25) is 0 Å². The molecule has 1 rings (SSSR count). The van der Waals surface area contributed by atoms with Crippen molar-refractivity contribution in [1.29, 1.82) is 0 Å². The SMILES string of the molecule is CCN(CC)C1CCN(C[C@H](C)N)C1. The molecule has 3 nitrogen and oxygen atoms in total. The van der Waals surface area contributed by atoms with Crippen molar-refractivity contribution in [3.63, 3.8) is 0 Å². The van der Waals surface area contributed by atoms with Gasteiger partial charge in [0, 0.05) is 25.2 Å². The summed E-state index contributed by atoms with van der Waals surface area (Å²) < 4.78 is 0. The first-order chi connectivity index (χ1) is 6.67. The highest BCUT2D eigenvalue weighted by Crippen LogP contribution is 2.15. The third-order valence-electron chi connectivity index (χ3n) is 3.12. The number of likely N-dealkylation sites (tertiary alicyclic amines) is 1. The van der Waals surface area contributed by atoms with E-state index >= 15 is 0 Å². The molecule has 1 heterocycles. The van der Waals surface area contributed by atoms with Gasteiger partial charge in [0.25, 0.3) is 0 Å². The number of rotatable bonds is 5. The molecular weight excluding hydrogens is 174 g/mol. The normalized spacial score (nSPS) is 25.9. The molecule has 3 heteroatoms. The van der Waals surface area contributed by atoms with Crippen LogP contribution in [0, 0.1) is 0 Å². The summed E-state index contributed by atoms with van der Waals surface area (Å²) in [6.45, 7) is 12.4. The topological polar surface area (TPSA) is 32.5 Å². The fraction of sp³-hybridized carbons (Fsp3) is 1.00. The van der Waals surface area contributed by atoms with Gasteiger partial charge in [-0.25, -0.2) is 0 Å². The first-order valence-corrected chi connectivity index (χ1v) is 5.89. The van der Waals surface area contributed by atoms with Crippen LogP contribution in [0.5, 0.6) is 0 Å². The Morgan fingerprint density at radius 2 is 2.07 bits per heavy atom. The summed E-state index contributed by atoms with van der Waals surface area (Å²) in [5.41, 5.74) is 5.80. The van der Waals surface area contributed by atoms with Crippen LogP contribution in [0.25, 0.3) is 0 Å². The summed E-state index contributed by atoms with van der Waals surface area (Å²) >= 11 is 0. The summed E-state index contributed by atoms with van der Waals surface area (Å²) in [5, 5.41) is 0. The Bertz CT molecular complexity index is 155. The van der Waals surface area contributed by atoms with Crippen LogP contribution in [-0.2, 0) is 0 Å². The lowest BCUT2D eigenvalue weighted by Gasteiger charge is -2.26. The van der Waals surface area contributed by atoms with E-state index in [2.05, 4.69) is 30.6 Å². The van der Waals surface area contributed by atoms with Crippen molar-refractivity contribution in [2.24, 2.45) is 5.73 Å². The second-order valence-electron chi connectivity index (χ2n) is 4.40. The minimum atomic E-state index is 0.311. The summed E-state index contributed by atoms with van der Waals surface area (Å²) in [7, 11) is 0. The molecule has 0 aliphatic carbocycles. The van der Waals surface area contributed by atoms with E-state index in [1.807, 2.05) is 0 Å². The first-order valence-electron chi connectivity index (χ1n) is 5.89. The van der Waals surface area contributed by atoms with Gasteiger partial charge in [0.05, 0.1) is 0 Å². The summed E-state index contributed by atoms with van der Waals surface area (Å²) in [5.74, 6) is 0. The van der Waals surface area contributed by atoms with Crippen molar-refractivity contribution in [2.75, 3.05) is 32.7 Å². The van der Waals surface area contributed by atoms with Gasteiger partial charge in [0.2, 0.25) is 0 Å². The molecule has 0 amide bonds. The molecular formula is C11H25N3. The lowest BCUT2D eigenvalue weighted by atomic mass is 10.2. The van der Waals surface area contributed by atoms with Crippen LogP contribution < -0.4 is 5.73 Å². The Balaban J connectivity index is 2.32. The highest BCUT2D eigenvalue weighted by Gasteiger charge is 2.25. The second-order valence-corrected chi connectivity index (χ2v) is 4.40. The zero-order valence-electron chi connectivity index (χ0n) is 9.87. The van der Waals surface area contributed by atoms with Gasteiger partial charge < -0.3 is 10.6 Å². The molecule has 1 unspecified atom stereocenters. The molecule has 0 radical (unpaired) electrons. The summed E-state index contributed by atoms with van der Waals surface area (Å²) in [4.78, 5) is 5.05. The Labute approximate surface area is 88.2 Å². The zero-order valence-corrected chi connectivity index (χ0v) is 9.87. The molecule has 0 aromatic heterocycles. The van der Waals surface area contributed by atoms with Gasteiger partial charge in [-0.3, -0.25) is 4.90 Å². The molecule has 1 fully saturated rings. The highest BCUT2D eigenvalue weighted by atomic mass is 15.2. The molecule has 2 atom stereocenters. The molecule has 1 saturated heterocycles. The first kappa shape index (κ1) is 12.0. The Kier molecular flexibility index (Phi) is 4.85. The van der Waals surface area contributed by atoms with Crippen LogP contribution in [0.1, 0.15) is 27.2 Å². The van der Waals surface area contributed by atoms with E-state index in [1.165, 1.54) is 32.6 Å². The predicted octanol–water partition coefficient (Wildman–Crippen LogP) is 0.750. The quantitative estimate of drug-likeness (QED) is 0.709. The van der Waals surface area contributed by atoms with Crippen molar-refractivity contribution < 1.29 is 0 Å². The van der Waals surface area contributed by atoms with E-state index in [4.69, 9.17) is 5.73 Å². The van der Waals surface area contributed by atoms with Gasteiger partial charge in [-0.15, -0.1) is 0 Å². The van der Waals surface area contributed by atoms with Crippen molar-refractivity contribution in [1.82, 2.24) is 9.80 Å². The van der Waals surface area contributed by atoms with Crippen LogP contribution in [-0.4, -0.2) is 54.6 Å². The number of nitrogens with two attached hydrogens (primary N) is 1. The van der Waals surface area contributed by atoms with Gasteiger partial charge in [0.15, 0.2) is 0 Å². The van der Waals surface area contributed by atoms with E-state index in [1.54, 1.807) is 0 Å². The van der Waals surface area contributed by atoms with Crippen molar-refractivity contribution in [3.8, 4) is 0 Å². The van der Waals surface area contributed by atoms with Crippen LogP contribution in [0.3, 0.4) is 0 Å². The lowest BCUT2D eigenvalue weighted by Crippen LogP contribution is -2.39. The molecule has 0 aromatic carbocycles. The van der Waals surface area contributed by atoms with Crippen molar-refractivity contribution in [3.05, 3.63) is 0 Å². The third-order valence-corrected chi connectivity index (χ3v) is 3.12. The summed E-state index contributed by atoms with van der Waals surface area (Å²) in [6, 6.07) is 1.08. The molecule has 84 valence electrons. The van der Waals surface area contributed by atoms with E-state index in [9.17, 15) is 0 Å². The van der Waals surface area contributed by atoms with Gasteiger partial charge in [-0.05, 0) is 33.0 Å². The molecule has 1 aliphatic rings. The van der Waals surface area contributed by atoms with Crippen molar-refractivity contribution in [2.45, 2.75) is 39.3 Å². The predicted molar refractivity (Wildman–Crippen MR) is 61.4 cm³/mol. The van der Waals surface area contributed by atoms with Crippen LogP contribution in [0.4, 0.5) is 0 Å². The highest BCUT2D eigenvalue weighted by molar-refractivity contribution is 4.83. The maximum atomic E-state index is 5.80. The third kappa shape index (κ3) is 3.23. The molecule has 14 heavy (non-hydrogen) atoms. The second kappa shape index (κ2) is 5.69. The Hall–Kier alpha value is -0.120. The van der Waals surface area contributed by atoms with E-state index < -0.39 is 0 Å². The number of hydrogen-bond donors (Lipinski definition) is 1. The van der Waals surface area contributed by atoms with Crippen LogP contribution in [0.15, 0.2) is 0 Å². The Morgan fingerprint density at radius 3 is 2.57 bits per heavy atom. The molecule has 0 bridgehead atoms. The maximum Gasteiger partial charge on any atom is 0.0235 e. The zero-order chi connectivity index (χ0) is 10.6. The summed E-state index contributed by atoms with van der Waals surface area (Å²) in [6.07, 6.45) is 1.31. The number of hydrogen-bond acceptors (Lipinski definition) is 3. The smallest absolute Gasteiger partial charge is 0.0235 e. The van der Waals surface area contributed by atoms with E-state index in [0.717, 1.165) is 12.6 Å². The average Bonchev–Trinajstić information content (AvgIpc) is 2.54. The largest absolute Gasteiger partial charge is 0.327 e. The minimum absolute atomic E-state index is 0.311. The standard InChI is InChI=1S/C11H25N3/c1-4-14(5-2)11-6-7-13(9-11)8-10(3)12/h10-11H,4-9,12H2,1-3H3/t10-,11?/m0/s1. The van der Waals surface area contributed by atoms with Gasteiger partial charge in [0.1, 0.15) is 0 Å². The minimum Gasteiger partial charge on any atom is -0.327 e. The Morgan fingerprint density at radius 1 is 1.43 bits per heavy atom. The maximum absolute atomic E-state index is 5.80. The molecule has 2 N–H and O–H groups in total. The van der Waals surface area contributed by atoms with Crippen molar-refractivity contribution >= 4 is 0 Å². The van der Waals surface area contributed by atoms with Gasteiger partial charge in [-0.2, -0.15) is 0 Å². The molecule has 0 saturated carbocycles. The van der Waals surface area contributed by atoms with Gasteiger partial charge in [-0.1, -0.05) is 13.8 Å². The fourth-order valence-electron chi connectivity index (χ4n) is 2.42. The van der Waals surface area contributed by atoms with Crippen LogP contribution >= 0.6 is 0 Å². The number of likely N-dealkylation sites (N-methyl/N-ethyl adjacent to an activating group) is 1. The van der Waals surface area contributed by atoms with Gasteiger partial charge >= 0.3 is 0 Å². The average molecular weight is 199 g/mol. The molecule has 0 spiro atoms. The monoisotopic (exact) mass is 199 g/mol. The van der Waals surface area contributed by atoms with E-state index in [-0.39, 0.29) is 0 Å². The van der Waals surface area contributed by atoms with E-state index in [0.29, 0.717) is 6.04 Å². The molecule has 0 aromatic rings. The number of nitrogens with zero attached hydrogens (tertiary/aromatic N) is 2. The lowest BCUT2D eigenvalue weighted by molar-refractivity contribution is 0.209.